The molecule has 0 radical (unpaired) electrons. The van der Waals surface area contributed by atoms with Crippen molar-refractivity contribution in [2.24, 2.45) is 18.4 Å². The Labute approximate surface area is 122 Å². The summed E-state index contributed by atoms with van der Waals surface area (Å²) in [6.45, 7) is 9.78. The number of hydrogen-bond donors (Lipinski definition) is 1. The van der Waals surface area contributed by atoms with Gasteiger partial charge in [-0.05, 0) is 44.2 Å². The summed E-state index contributed by atoms with van der Waals surface area (Å²) in [5.74, 6) is 0.697. The number of aromatic nitrogens is 2. The summed E-state index contributed by atoms with van der Waals surface area (Å²) in [7, 11) is 1.98. The SMILES string of the molecule is CC(C)CNCC1(CCc2cnn(C)c2)CCOC1C. The highest BCUT2D eigenvalue weighted by Crippen LogP contribution is 2.38. The van der Waals surface area contributed by atoms with Gasteiger partial charge in [0, 0.05) is 31.8 Å². The molecule has 0 aromatic carbocycles. The van der Waals surface area contributed by atoms with Gasteiger partial charge < -0.3 is 10.1 Å². The van der Waals surface area contributed by atoms with Gasteiger partial charge in [0.05, 0.1) is 12.3 Å². The average Bonchev–Trinajstić information content (AvgIpc) is 2.95. The van der Waals surface area contributed by atoms with Gasteiger partial charge in [0.1, 0.15) is 0 Å². The normalized spacial score (nSPS) is 26.6. The maximum absolute atomic E-state index is 5.86. The van der Waals surface area contributed by atoms with E-state index in [1.165, 1.54) is 18.4 Å². The molecule has 2 heterocycles. The van der Waals surface area contributed by atoms with Crippen LogP contribution in [0.3, 0.4) is 0 Å². The van der Waals surface area contributed by atoms with Crippen LogP contribution in [0.2, 0.25) is 0 Å². The second-order valence-electron chi connectivity index (χ2n) is 6.67. The van der Waals surface area contributed by atoms with Crippen LogP contribution in [-0.2, 0) is 18.2 Å². The molecular formula is C16H29N3O. The lowest BCUT2D eigenvalue weighted by Gasteiger charge is -2.33. The lowest BCUT2D eigenvalue weighted by Crippen LogP contribution is -2.41. The molecular weight excluding hydrogens is 250 g/mol. The van der Waals surface area contributed by atoms with Crippen LogP contribution in [-0.4, -0.2) is 35.6 Å². The van der Waals surface area contributed by atoms with E-state index in [2.05, 4.69) is 37.4 Å². The lowest BCUT2D eigenvalue weighted by atomic mass is 9.76. The first-order chi connectivity index (χ1) is 9.52. The third kappa shape index (κ3) is 3.83. The van der Waals surface area contributed by atoms with E-state index in [9.17, 15) is 0 Å². The summed E-state index contributed by atoms with van der Waals surface area (Å²) >= 11 is 0. The topological polar surface area (TPSA) is 39.1 Å². The Kier molecular flexibility index (Phi) is 5.22. The molecule has 20 heavy (non-hydrogen) atoms. The predicted octanol–water partition coefficient (Wildman–Crippen LogP) is 2.39. The maximum Gasteiger partial charge on any atom is 0.0616 e. The third-order valence-corrected chi connectivity index (χ3v) is 4.53. The van der Waals surface area contributed by atoms with E-state index in [0.29, 0.717) is 12.0 Å². The molecule has 0 saturated carbocycles. The van der Waals surface area contributed by atoms with Crippen molar-refractivity contribution in [3.05, 3.63) is 18.0 Å². The molecule has 114 valence electrons. The molecule has 1 aliphatic heterocycles. The molecule has 0 aliphatic carbocycles. The van der Waals surface area contributed by atoms with Crippen LogP contribution in [0, 0.1) is 11.3 Å². The van der Waals surface area contributed by atoms with E-state index in [1.807, 2.05) is 17.9 Å². The van der Waals surface area contributed by atoms with Crippen molar-refractivity contribution in [2.75, 3.05) is 19.7 Å². The van der Waals surface area contributed by atoms with E-state index < -0.39 is 0 Å². The predicted molar refractivity (Wildman–Crippen MR) is 81.7 cm³/mol. The van der Waals surface area contributed by atoms with E-state index >= 15 is 0 Å². The molecule has 1 aromatic rings. The van der Waals surface area contributed by atoms with Gasteiger partial charge in [-0.15, -0.1) is 0 Å². The summed E-state index contributed by atoms with van der Waals surface area (Å²) in [5, 5.41) is 7.90. The van der Waals surface area contributed by atoms with Gasteiger partial charge in [-0.2, -0.15) is 5.10 Å². The molecule has 0 bridgehead atoms. The number of rotatable bonds is 7. The van der Waals surface area contributed by atoms with Gasteiger partial charge in [0.15, 0.2) is 0 Å². The Balaban J connectivity index is 1.92. The highest BCUT2D eigenvalue weighted by atomic mass is 16.5. The van der Waals surface area contributed by atoms with Crippen molar-refractivity contribution in [3.8, 4) is 0 Å². The minimum Gasteiger partial charge on any atom is -0.378 e. The minimum absolute atomic E-state index is 0.282. The Morgan fingerprint density at radius 1 is 1.55 bits per heavy atom. The van der Waals surface area contributed by atoms with Crippen LogP contribution in [0.1, 0.15) is 39.2 Å². The summed E-state index contributed by atoms with van der Waals surface area (Å²) < 4.78 is 7.74. The van der Waals surface area contributed by atoms with Crippen LogP contribution in [0.4, 0.5) is 0 Å². The van der Waals surface area contributed by atoms with E-state index in [0.717, 1.165) is 26.1 Å². The molecule has 1 saturated heterocycles. The summed E-state index contributed by atoms with van der Waals surface area (Å²) in [6.07, 6.45) is 7.87. The summed E-state index contributed by atoms with van der Waals surface area (Å²) in [6, 6.07) is 0. The molecule has 4 heteroatoms. The molecule has 2 unspecified atom stereocenters. The third-order valence-electron chi connectivity index (χ3n) is 4.53. The second-order valence-corrected chi connectivity index (χ2v) is 6.67. The number of nitrogens with zero attached hydrogens (tertiary/aromatic N) is 2. The van der Waals surface area contributed by atoms with E-state index in [4.69, 9.17) is 4.74 Å². The van der Waals surface area contributed by atoms with Crippen molar-refractivity contribution in [2.45, 2.75) is 46.1 Å². The molecule has 1 aromatic heterocycles. The quantitative estimate of drug-likeness (QED) is 0.833. The fourth-order valence-electron chi connectivity index (χ4n) is 3.07. The van der Waals surface area contributed by atoms with Gasteiger partial charge in [-0.1, -0.05) is 13.8 Å². The van der Waals surface area contributed by atoms with Crippen LogP contribution >= 0.6 is 0 Å². The zero-order valence-corrected chi connectivity index (χ0v) is 13.4. The average molecular weight is 279 g/mol. The summed E-state index contributed by atoms with van der Waals surface area (Å²) in [4.78, 5) is 0. The molecule has 2 atom stereocenters. The Morgan fingerprint density at radius 3 is 2.90 bits per heavy atom. The minimum atomic E-state index is 0.282. The molecule has 2 rings (SSSR count). The van der Waals surface area contributed by atoms with Crippen molar-refractivity contribution in [1.82, 2.24) is 15.1 Å². The van der Waals surface area contributed by atoms with Gasteiger partial charge in [0.25, 0.3) is 0 Å². The number of ether oxygens (including phenoxy) is 1. The summed E-state index contributed by atoms with van der Waals surface area (Å²) in [5.41, 5.74) is 1.61. The van der Waals surface area contributed by atoms with E-state index in [-0.39, 0.29) is 5.41 Å². The highest BCUT2D eigenvalue weighted by molar-refractivity contribution is 5.06. The van der Waals surface area contributed by atoms with E-state index in [1.54, 1.807) is 0 Å². The van der Waals surface area contributed by atoms with Gasteiger partial charge in [-0.3, -0.25) is 4.68 Å². The van der Waals surface area contributed by atoms with Crippen LogP contribution in [0.25, 0.3) is 0 Å². The molecule has 0 spiro atoms. The maximum atomic E-state index is 5.86. The van der Waals surface area contributed by atoms with Crippen molar-refractivity contribution >= 4 is 0 Å². The fraction of sp³-hybridized carbons (Fsp3) is 0.812. The van der Waals surface area contributed by atoms with Gasteiger partial charge in [-0.25, -0.2) is 0 Å². The first-order valence-corrected chi connectivity index (χ1v) is 7.82. The molecule has 1 fully saturated rings. The zero-order chi connectivity index (χ0) is 14.6. The fourth-order valence-corrected chi connectivity index (χ4v) is 3.07. The number of hydrogen-bond acceptors (Lipinski definition) is 3. The van der Waals surface area contributed by atoms with Crippen molar-refractivity contribution in [3.63, 3.8) is 0 Å². The Hall–Kier alpha value is -0.870. The molecule has 0 amide bonds. The number of aryl methyl sites for hydroxylation is 2. The lowest BCUT2D eigenvalue weighted by molar-refractivity contribution is 0.0583. The largest absolute Gasteiger partial charge is 0.378 e. The molecule has 4 nitrogen and oxygen atoms in total. The first kappa shape index (κ1) is 15.5. The standard InChI is InChI=1S/C16H29N3O/c1-13(2)9-17-12-16(7-8-20-14(16)3)6-5-15-10-18-19(4)11-15/h10-11,13-14,17H,5-9,12H2,1-4H3. The zero-order valence-electron chi connectivity index (χ0n) is 13.4. The smallest absolute Gasteiger partial charge is 0.0616 e. The van der Waals surface area contributed by atoms with Crippen LogP contribution < -0.4 is 5.32 Å². The van der Waals surface area contributed by atoms with Crippen LogP contribution in [0.15, 0.2) is 12.4 Å². The van der Waals surface area contributed by atoms with Crippen molar-refractivity contribution in [1.29, 1.82) is 0 Å². The number of nitrogens with one attached hydrogen (secondary N) is 1. The Morgan fingerprint density at radius 2 is 2.35 bits per heavy atom. The second kappa shape index (κ2) is 6.72. The first-order valence-electron chi connectivity index (χ1n) is 7.82. The molecule has 1 aliphatic rings. The highest BCUT2D eigenvalue weighted by Gasteiger charge is 2.40. The van der Waals surface area contributed by atoms with Gasteiger partial charge in [0.2, 0.25) is 0 Å². The van der Waals surface area contributed by atoms with Crippen molar-refractivity contribution < 1.29 is 4.74 Å². The van der Waals surface area contributed by atoms with Crippen LogP contribution in [0.5, 0.6) is 0 Å². The van der Waals surface area contributed by atoms with Gasteiger partial charge >= 0.3 is 0 Å². The monoisotopic (exact) mass is 279 g/mol. The molecule has 1 N–H and O–H groups in total. The Bertz CT molecular complexity index is 416.